The molecule has 8 aromatic rings. The van der Waals surface area contributed by atoms with Crippen molar-refractivity contribution < 1.29 is 8.98 Å². The van der Waals surface area contributed by atoms with E-state index in [2.05, 4.69) is 134 Å². The molecule has 7 aromatic carbocycles. The lowest BCUT2D eigenvalue weighted by Crippen LogP contribution is -2.28. The smallest absolute Gasteiger partial charge is 0.170 e. The van der Waals surface area contributed by atoms with Crippen LogP contribution in [0.4, 0.5) is 0 Å². The first-order valence-electron chi connectivity index (χ1n) is 18.0. The lowest BCUT2D eigenvalue weighted by molar-refractivity contribution is 0.591. The van der Waals surface area contributed by atoms with Gasteiger partial charge in [0.15, 0.2) is 7.14 Å². The van der Waals surface area contributed by atoms with Crippen LogP contribution in [-0.4, -0.2) is 0 Å². The van der Waals surface area contributed by atoms with E-state index in [4.69, 9.17) is 4.42 Å². The van der Waals surface area contributed by atoms with Crippen molar-refractivity contribution >= 4 is 39.7 Å². The van der Waals surface area contributed by atoms with E-state index in [0.717, 1.165) is 43.7 Å². The summed E-state index contributed by atoms with van der Waals surface area (Å²) in [6, 6.07) is 59.3. The van der Waals surface area contributed by atoms with Crippen molar-refractivity contribution in [3.63, 3.8) is 0 Å². The van der Waals surface area contributed by atoms with Crippen LogP contribution in [0.15, 0.2) is 210 Å². The summed E-state index contributed by atoms with van der Waals surface area (Å²) < 4.78 is 21.5. The van der Waals surface area contributed by atoms with Gasteiger partial charge in [-0.2, -0.15) is 0 Å². The molecular formula is C50H37O2P. The molecule has 1 unspecified atom stereocenters. The fourth-order valence-electron chi connectivity index (χ4n) is 8.26. The summed E-state index contributed by atoms with van der Waals surface area (Å²) >= 11 is 0. The molecule has 0 saturated heterocycles. The molecule has 1 aliphatic rings. The average molecular weight is 701 g/mol. The Morgan fingerprint density at radius 2 is 1.15 bits per heavy atom. The third kappa shape index (κ3) is 5.13. The van der Waals surface area contributed by atoms with Gasteiger partial charge >= 0.3 is 0 Å². The maximum absolute atomic E-state index is 14.9. The summed E-state index contributed by atoms with van der Waals surface area (Å²) in [7, 11) is -3.15. The quantitative estimate of drug-likeness (QED) is 0.117. The number of furan rings is 1. The van der Waals surface area contributed by atoms with Gasteiger partial charge in [-0.3, -0.25) is 0 Å². The Hall–Kier alpha value is -6.21. The molecule has 2 nitrogen and oxygen atoms in total. The van der Waals surface area contributed by atoms with Crippen LogP contribution in [0.2, 0.25) is 0 Å². The summed E-state index contributed by atoms with van der Waals surface area (Å²) in [5.74, 6) is 0. The molecule has 53 heavy (non-hydrogen) atoms. The second-order valence-electron chi connectivity index (χ2n) is 13.6. The number of hydrogen-bond donors (Lipinski definition) is 0. The predicted molar refractivity (Wildman–Crippen MR) is 223 cm³/mol. The number of hydrogen-bond acceptors (Lipinski definition) is 2. The van der Waals surface area contributed by atoms with Gasteiger partial charge in [-0.15, -0.1) is 0 Å². The number of fused-ring (bicyclic) bond motifs is 6. The Bertz CT molecular complexity index is 2710. The highest BCUT2D eigenvalue weighted by Crippen LogP contribution is 2.57. The van der Waals surface area contributed by atoms with Gasteiger partial charge in [-0.1, -0.05) is 176 Å². The van der Waals surface area contributed by atoms with E-state index in [9.17, 15) is 4.57 Å². The van der Waals surface area contributed by atoms with Crippen LogP contribution in [0, 0.1) is 0 Å². The van der Waals surface area contributed by atoms with Crippen molar-refractivity contribution in [2.75, 3.05) is 0 Å². The zero-order chi connectivity index (χ0) is 36.0. The molecule has 0 bridgehead atoms. The van der Waals surface area contributed by atoms with Gasteiger partial charge in [-0.05, 0) is 75.7 Å². The molecule has 0 fully saturated rings. The summed E-state index contributed by atoms with van der Waals surface area (Å²) in [6.45, 7) is 6.24. The molecule has 0 radical (unpaired) electrons. The predicted octanol–water partition coefficient (Wildman–Crippen LogP) is 12.6. The Morgan fingerprint density at radius 3 is 1.83 bits per heavy atom. The van der Waals surface area contributed by atoms with Crippen molar-refractivity contribution in [1.29, 1.82) is 0 Å². The second-order valence-corrected chi connectivity index (χ2v) is 16.4. The van der Waals surface area contributed by atoms with Gasteiger partial charge in [0.1, 0.15) is 11.2 Å². The lowest BCUT2D eigenvalue weighted by atomic mass is 9.67. The van der Waals surface area contributed by atoms with Crippen LogP contribution in [0.5, 0.6) is 0 Å². The number of benzene rings is 7. The Kier molecular flexibility index (Phi) is 8.07. The molecule has 1 aromatic heterocycles. The minimum absolute atomic E-state index is 0.485. The number of rotatable bonds is 8. The van der Waals surface area contributed by atoms with E-state index in [1.165, 1.54) is 33.4 Å². The highest BCUT2D eigenvalue weighted by atomic mass is 31.2. The van der Waals surface area contributed by atoms with Crippen LogP contribution in [0.3, 0.4) is 0 Å². The molecule has 0 amide bonds. The molecule has 1 aliphatic carbocycles. The molecule has 0 N–H and O–H groups in total. The molecular weight excluding hydrogens is 664 g/mol. The summed E-state index contributed by atoms with van der Waals surface area (Å²) in [5, 5.41) is 4.27. The van der Waals surface area contributed by atoms with Crippen molar-refractivity contribution in [3.8, 4) is 22.3 Å². The van der Waals surface area contributed by atoms with E-state index in [-0.39, 0.29) is 0 Å². The van der Waals surface area contributed by atoms with E-state index >= 15 is 0 Å². The highest BCUT2D eigenvalue weighted by molar-refractivity contribution is 7.82. The third-order valence-corrected chi connectivity index (χ3v) is 13.7. The Labute approximate surface area is 310 Å². The van der Waals surface area contributed by atoms with Crippen molar-refractivity contribution in [1.82, 2.24) is 0 Å². The topological polar surface area (TPSA) is 30.2 Å². The van der Waals surface area contributed by atoms with Crippen LogP contribution in [0.25, 0.3) is 44.2 Å². The van der Waals surface area contributed by atoms with Crippen LogP contribution < -0.4 is 10.6 Å². The molecule has 1 atom stereocenters. The molecule has 1 heterocycles. The highest BCUT2D eigenvalue weighted by Gasteiger charge is 2.46. The summed E-state index contributed by atoms with van der Waals surface area (Å²) in [4.78, 5) is 0. The molecule has 0 spiro atoms. The fourth-order valence-corrected chi connectivity index (χ4v) is 10.7. The normalized spacial score (nSPS) is 14.4. The third-order valence-electron chi connectivity index (χ3n) is 10.7. The maximum atomic E-state index is 14.9. The summed E-state index contributed by atoms with van der Waals surface area (Å²) in [5.41, 5.74) is 10.8. The Balaban J connectivity index is 1.18. The van der Waals surface area contributed by atoms with Gasteiger partial charge < -0.3 is 8.98 Å². The van der Waals surface area contributed by atoms with Crippen LogP contribution >= 0.6 is 7.14 Å². The van der Waals surface area contributed by atoms with Crippen LogP contribution in [-0.2, 0) is 9.98 Å². The van der Waals surface area contributed by atoms with Gasteiger partial charge in [0, 0.05) is 26.7 Å². The number of allylic oxidation sites excluding steroid dienone is 5. The Morgan fingerprint density at radius 1 is 0.566 bits per heavy atom. The molecule has 0 saturated carbocycles. The largest absolute Gasteiger partial charge is 0.456 e. The van der Waals surface area contributed by atoms with E-state index in [0.29, 0.717) is 5.31 Å². The minimum Gasteiger partial charge on any atom is -0.456 e. The maximum Gasteiger partial charge on any atom is 0.170 e. The minimum atomic E-state index is -3.15. The molecule has 254 valence electrons. The summed E-state index contributed by atoms with van der Waals surface area (Å²) in [6.07, 6.45) is 7.63. The van der Waals surface area contributed by atoms with Gasteiger partial charge in [0.05, 0.1) is 5.41 Å². The first kappa shape index (κ1) is 32.7. The second kappa shape index (κ2) is 13.1. The van der Waals surface area contributed by atoms with Gasteiger partial charge in [0.25, 0.3) is 0 Å². The van der Waals surface area contributed by atoms with Crippen molar-refractivity contribution in [2.45, 2.75) is 12.3 Å². The average Bonchev–Trinajstić information content (AvgIpc) is 3.73. The van der Waals surface area contributed by atoms with E-state index in [1.807, 2.05) is 73.7 Å². The lowest BCUT2D eigenvalue weighted by Gasteiger charge is -2.33. The molecule has 3 heteroatoms. The van der Waals surface area contributed by atoms with Crippen molar-refractivity contribution in [2.24, 2.45) is 0 Å². The monoisotopic (exact) mass is 700 g/mol. The SMILES string of the molecule is C=C(/C=C\C=C/C)P(=O)(c1ccccc1)c1ccc(-c2ccc3oc4cc5c(cc4c3c2)-c2ccccc2C5(c2ccccc2)c2ccccc2)cc1. The first-order valence-corrected chi connectivity index (χ1v) is 19.7. The van der Waals surface area contributed by atoms with E-state index < -0.39 is 12.6 Å². The molecule has 9 rings (SSSR count). The van der Waals surface area contributed by atoms with Crippen molar-refractivity contribution in [3.05, 3.63) is 228 Å². The first-order chi connectivity index (χ1) is 26.0. The molecule has 0 aliphatic heterocycles. The fraction of sp³-hybridized carbons (Fsp3) is 0.0400. The van der Waals surface area contributed by atoms with Gasteiger partial charge in [-0.25, -0.2) is 0 Å². The van der Waals surface area contributed by atoms with E-state index in [1.54, 1.807) is 0 Å². The zero-order valence-corrected chi connectivity index (χ0v) is 30.3. The standard InChI is InChI=1S/C50H37O2P/c1-3-4-8-17-35(2)53(51,40-22-13-7-14-23-40)41-29-26-36(27-30-41)37-28-31-48-44(32-37)45-33-43-42-24-15-16-25-46(42)50(38-18-9-5-10-19-38,39-20-11-6-12-21-39)47(43)34-49(45)52-48/h3-34H,2H2,1H3/b4-3-,17-8-. The zero-order valence-electron chi connectivity index (χ0n) is 29.4. The van der Waals surface area contributed by atoms with Gasteiger partial charge in [0.2, 0.25) is 0 Å². The van der Waals surface area contributed by atoms with Crippen LogP contribution in [0.1, 0.15) is 29.2 Å².